The van der Waals surface area contributed by atoms with Crippen molar-refractivity contribution >= 4 is 11.6 Å². The molecule has 0 unspecified atom stereocenters. The summed E-state index contributed by atoms with van der Waals surface area (Å²) in [5.41, 5.74) is 2.00. The third-order valence-corrected chi connectivity index (χ3v) is 5.36. The Bertz CT molecular complexity index is 698. The molecule has 0 radical (unpaired) electrons. The Morgan fingerprint density at radius 2 is 1.77 bits per heavy atom. The molecule has 0 aromatic heterocycles. The van der Waals surface area contributed by atoms with Gasteiger partial charge >= 0.3 is 0 Å². The Morgan fingerprint density at radius 1 is 1.00 bits per heavy atom. The zero-order chi connectivity index (χ0) is 18.2. The molecule has 1 saturated carbocycles. The number of nitrogens with one attached hydrogen (secondary N) is 1. The van der Waals surface area contributed by atoms with Crippen molar-refractivity contribution < 1.29 is 9.13 Å². The summed E-state index contributed by atoms with van der Waals surface area (Å²) in [5.74, 6) is 0.475. The van der Waals surface area contributed by atoms with Crippen molar-refractivity contribution in [3.8, 4) is 5.75 Å². The van der Waals surface area contributed by atoms with E-state index in [1.54, 1.807) is 6.07 Å². The Kier molecular flexibility index (Phi) is 7.33. The molecule has 2 aromatic carbocycles. The van der Waals surface area contributed by atoms with Gasteiger partial charge in [0.05, 0.1) is 5.02 Å². The minimum absolute atomic E-state index is 0.332. The molecule has 1 N–H and O–H groups in total. The fraction of sp³-hybridized carbons (Fsp3) is 0.455. The van der Waals surface area contributed by atoms with Crippen LogP contribution in [0.25, 0.3) is 0 Å². The summed E-state index contributed by atoms with van der Waals surface area (Å²) in [7, 11) is 0. The molecule has 140 valence electrons. The van der Waals surface area contributed by atoms with Crippen LogP contribution in [0.4, 0.5) is 4.39 Å². The summed E-state index contributed by atoms with van der Waals surface area (Å²) in [6.07, 6.45) is 9.35. The van der Waals surface area contributed by atoms with Crippen LogP contribution in [0.1, 0.15) is 56.1 Å². The van der Waals surface area contributed by atoms with Gasteiger partial charge in [0.25, 0.3) is 0 Å². The molecule has 0 atom stereocenters. The highest BCUT2D eigenvalue weighted by Crippen LogP contribution is 2.21. The second-order valence-corrected chi connectivity index (χ2v) is 7.50. The van der Waals surface area contributed by atoms with E-state index in [0.717, 1.165) is 17.9 Å². The van der Waals surface area contributed by atoms with E-state index in [4.69, 9.17) is 16.3 Å². The van der Waals surface area contributed by atoms with Gasteiger partial charge in [0.2, 0.25) is 0 Å². The highest BCUT2D eigenvalue weighted by atomic mass is 35.5. The molecule has 0 saturated heterocycles. The molecule has 4 heteroatoms. The predicted molar refractivity (Wildman–Crippen MR) is 105 cm³/mol. The van der Waals surface area contributed by atoms with Crippen LogP contribution in [-0.2, 0) is 13.2 Å². The smallest absolute Gasteiger partial charge is 0.124 e. The molecule has 0 bridgehead atoms. The fourth-order valence-electron chi connectivity index (χ4n) is 3.47. The van der Waals surface area contributed by atoms with Crippen LogP contribution in [0.2, 0.25) is 5.02 Å². The summed E-state index contributed by atoms with van der Waals surface area (Å²) in [6.45, 7) is 1.19. The van der Waals surface area contributed by atoms with Crippen LogP contribution in [0.5, 0.6) is 5.75 Å². The lowest BCUT2D eigenvalue weighted by Crippen LogP contribution is -2.29. The molecule has 1 fully saturated rings. The van der Waals surface area contributed by atoms with Gasteiger partial charge in [-0.15, -0.1) is 0 Å². The molecular formula is C22H27ClFNO. The Balaban J connectivity index is 1.52. The minimum Gasteiger partial charge on any atom is -0.489 e. The third kappa shape index (κ3) is 6.00. The second-order valence-electron chi connectivity index (χ2n) is 7.09. The lowest BCUT2D eigenvalue weighted by Gasteiger charge is -2.21. The zero-order valence-corrected chi connectivity index (χ0v) is 15.9. The van der Waals surface area contributed by atoms with Gasteiger partial charge in [0, 0.05) is 18.2 Å². The first kappa shape index (κ1) is 19.2. The van der Waals surface area contributed by atoms with Crippen LogP contribution in [0, 0.1) is 5.82 Å². The lowest BCUT2D eigenvalue weighted by molar-refractivity contribution is 0.305. The maximum atomic E-state index is 13.1. The van der Waals surface area contributed by atoms with Gasteiger partial charge in [0.1, 0.15) is 18.2 Å². The van der Waals surface area contributed by atoms with Gasteiger partial charge in [-0.1, -0.05) is 61.9 Å². The van der Waals surface area contributed by atoms with E-state index in [2.05, 4.69) is 17.4 Å². The Labute approximate surface area is 160 Å². The van der Waals surface area contributed by atoms with Gasteiger partial charge in [-0.3, -0.25) is 0 Å². The quantitative estimate of drug-likeness (QED) is 0.643. The number of rotatable bonds is 6. The van der Waals surface area contributed by atoms with Crippen LogP contribution in [0.3, 0.4) is 0 Å². The average molecular weight is 376 g/mol. The number of benzene rings is 2. The maximum Gasteiger partial charge on any atom is 0.124 e. The molecule has 1 aliphatic carbocycles. The molecule has 26 heavy (non-hydrogen) atoms. The number of hydrogen-bond acceptors (Lipinski definition) is 2. The SMILES string of the molecule is Fc1ccc(COc2cccc(CNC3CCCCCCC3)c2)c(Cl)c1. The highest BCUT2D eigenvalue weighted by Gasteiger charge is 2.11. The molecule has 0 spiro atoms. The van der Waals surface area contributed by atoms with Crippen LogP contribution in [-0.4, -0.2) is 6.04 Å². The van der Waals surface area contributed by atoms with Gasteiger partial charge in [-0.05, 0) is 42.7 Å². The topological polar surface area (TPSA) is 21.3 Å². The number of hydrogen-bond donors (Lipinski definition) is 1. The summed E-state index contributed by atoms with van der Waals surface area (Å²) in [5, 5.41) is 4.10. The van der Waals surface area contributed by atoms with Crippen molar-refractivity contribution in [3.63, 3.8) is 0 Å². The van der Waals surface area contributed by atoms with E-state index in [1.807, 2.05) is 12.1 Å². The highest BCUT2D eigenvalue weighted by molar-refractivity contribution is 6.31. The molecule has 3 rings (SSSR count). The summed E-state index contributed by atoms with van der Waals surface area (Å²) >= 11 is 6.06. The van der Waals surface area contributed by atoms with Gasteiger partial charge in [-0.25, -0.2) is 4.39 Å². The van der Waals surface area contributed by atoms with Crippen molar-refractivity contribution in [2.45, 2.75) is 64.1 Å². The molecule has 0 aliphatic heterocycles. The third-order valence-electron chi connectivity index (χ3n) is 5.01. The van der Waals surface area contributed by atoms with E-state index in [9.17, 15) is 4.39 Å². The van der Waals surface area contributed by atoms with Crippen molar-refractivity contribution in [2.75, 3.05) is 0 Å². The number of halogens is 2. The van der Waals surface area contributed by atoms with Crippen LogP contribution in [0.15, 0.2) is 42.5 Å². The second kappa shape index (κ2) is 9.94. The monoisotopic (exact) mass is 375 g/mol. The molecular weight excluding hydrogens is 349 g/mol. The Morgan fingerprint density at radius 3 is 2.54 bits per heavy atom. The van der Waals surface area contributed by atoms with E-state index >= 15 is 0 Å². The summed E-state index contributed by atoms with van der Waals surface area (Å²) in [6, 6.07) is 13.1. The number of ether oxygens (including phenoxy) is 1. The van der Waals surface area contributed by atoms with E-state index in [1.165, 1.54) is 62.6 Å². The zero-order valence-electron chi connectivity index (χ0n) is 15.1. The van der Waals surface area contributed by atoms with Crippen LogP contribution < -0.4 is 10.1 Å². The molecule has 2 nitrogen and oxygen atoms in total. The molecule has 0 amide bonds. The Hall–Kier alpha value is -1.58. The van der Waals surface area contributed by atoms with Crippen molar-refractivity contribution in [2.24, 2.45) is 0 Å². The van der Waals surface area contributed by atoms with Crippen molar-refractivity contribution in [1.29, 1.82) is 0 Å². The molecule has 2 aromatic rings. The van der Waals surface area contributed by atoms with Crippen molar-refractivity contribution in [1.82, 2.24) is 5.32 Å². The van der Waals surface area contributed by atoms with Gasteiger partial charge < -0.3 is 10.1 Å². The minimum atomic E-state index is -0.332. The lowest BCUT2D eigenvalue weighted by atomic mass is 9.96. The normalized spacial score (nSPS) is 16.1. The van der Waals surface area contributed by atoms with E-state index < -0.39 is 0 Å². The fourth-order valence-corrected chi connectivity index (χ4v) is 3.69. The summed E-state index contributed by atoms with van der Waals surface area (Å²) in [4.78, 5) is 0. The van der Waals surface area contributed by atoms with Crippen molar-refractivity contribution in [3.05, 3.63) is 64.4 Å². The van der Waals surface area contributed by atoms with E-state index in [0.29, 0.717) is 17.7 Å². The predicted octanol–water partition coefficient (Wildman–Crippen LogP) is 6.26. The summed E-state index contributed by atoms with van der Waals surface area (Å²) < 4.78 is 19.0. The van der Waals surface area contributed by atoms with Gasteiger partial charge in [0.15, 0.2) is 0 Å². The first-order valence-corrected chi connectivity index (χ1v) is 9.97. The standard InChI is InChI=1S/C22H27ClFNO/c23-22-14-19(24)12-11-18(22)16-26-21-10-6-7-17(13-21)15-25-20-8-4-2-1-3-5-9-20/h6-7,10-14,20,25H,1-5,8-9,15-16H2. The largest absolute Gasteiger partial charge is 0.489 e. The average Bonchev–Trinajstić information content (AvgIpc) is 2.60. The van der Waals surface area contributed by atoms with Gasteiger partial charge in [-0.2, -0.15) is 0 Å². The molecule has 1 aliphatic rings. The molecule has 0 heterocycles. The van der Waals surface area contributed by atoms with Crippen LogP contribution >= 0.6 is 11.6 Å². The maximum absolute atomic E-state index is 13.1. The first-order valence-electron chi connectivity index (χ1n) is 9.60. The van der Waals surface area contributed by atoms with E-state index in [-0.39, 0.29) is 5.82 Å². The first-order chi connectivity index (χ1) is 12.7.